The monoisotopic (exact) mass is 293 g/mol. The molecule has 1 N–H and O–H groups in total. The van der Waals surface area contributed by atoms with E-state index in [1.54, 1.807) is 12.1 Å². The molecule has 2 rings (SSSR count). The minimum absolute atomic E-state index is 0.297. The summed E-state index contributed by atoms with van der Waals surface area (Å²) in [5.74, 6) is -2.19. The number of halogens is 2. The largest absolute Gasteiger partial charge is 0.497 e. The van der Waals surface area contributed by atoms with Gasteiger partial charge in [0.25, 0.3) is 5.91 Å². The minimum Gasteiger partial charge on any atom is -0.497 e. The lowest BCUT2D eigenvalue weighted by atomic mass is 10.2. The van der Waals surface area contributed by atoms with Gasteiger partial charge in [0.15, 0.2) is 11.6 Å². The van der Waals surface area contributed by atoms with Crippen molar-refractivity contribution in [2.45, 2.75) is 0 Å². The summed E-state index contributed by atoms with van der Waals surface area (Å²) in [6, 6.07) is 8.16. The van der Waals surface area contributed by atoms with Gasteiger partial charge in [-0.05, 0) is 24.3 Å². The fraction of sp³-hybridized carbons (Fsp3) is 0.133. The lowest BCUT2D eigenvalue weighted by Gasteiger charge is -2.12. The molecule has 0 saturated carbocycles. The van der Waals surface area contributed by atoms with Gasteiger partial charge in [0.05, 0.1) is 25.5 Å². The smallest absolute Gasteiger partial charge is 0.258 e. The van der Waals surface area contributed by atoms with Crippen LogP contribution in [0.15, 0.2) is 36.4 Å². The van der Waals surface area contributed by atoms with Crippen LogP contribution in [-0.4, -0.2) is 20.1 Å². The summed E-state index contributed by atoms with van der Waals surface area (Å²) in [7, 11) is 2.90. The number of methoxy groups -OCH3 is 2. The molecule has 2 aromatic rings. The zero-order valence-electron chi connectivity index (χ0n) is 11.4. The summed E-state index contributed by atoms with van der Waals surface area (Å²) >= 11 is 0. The Morgan fingerprint density at radius 1 is 1.10 bits per heavy atom. The van der Waals surface area contributed by atoms with Crippen LogP contribution in [0.3, 0.4) is 0 Å². The van der Waals surface area contributed by atoms with Crippen LogP contribution < -0.4 is 14.8 Å². The highest BCUT2D eigenvalue weighted by Crippen LogP contribution is 2.29. The molecule has 0 aliphatic carbocycles. The van der Waals surface area contributed by atoms with E-state index in [4.69, 9.17) is 9.47 Å². The van der Waals surface area contributed by atoms with E-state index in [0.717, 1.165) is 6.07 Å². The van der Waals surface area contributed by atoms with Crippen molar-refractivity contribution in [2.75, 3.05) is 19.5 Å². The number of amides is 1. The van der Waals surface area contributed by atoms with Gasteiger partial charge in [-0.2, -0.15) is 0 Å². The van der Waals surface area contributed by atoms with Gasteiger partial charge in [0.2, 0.25) is 0 Å². The fourth-order valence-corrected chi connectivity index (χ4v) is 1.78. The van der Waals surface area contributed by atoms with E-state index in [0.29, 0.717) is 17.2 Å². The molecular formula is C15H13F2NO3. The number of carbonyl (C=O) groups is 1. The van der Waals surface area contributed by atoms with Gasteiger partial charge in [0, 0.05) is 6.07 Å². The SMILES string of the molecule is COc1ccc(OC)c(NC(=O)c2cccc(F)c2F)c1. The third-order valence-electron chi connectivity index (χ3n) is 2.85. The van der Waals surface area contributed by atoms with Gasteiger partial charge in [0.1, 0.15) is 11.5 Å². The number of carbonyl (C=O) groups excluding carboxylic acids is 1. The Morgan fingerprint density at radius 2 is 1.86 bits per heavy atom. The molecule has 4 nitrogen and oxygen atoms in total. The predicted molar refractivity (Wildman–Crippen MR) is 73.9 cm³/mol. The first-order chi connectivity index (χ1) is 10.1. The van der Waals surface area contributed by atoms with E-state index in [1.165, 1.54) is 32.4 Å². The summed E-state index contributed by atoms with van der Waals surface area (Å²) in [5, 5.41) is 2.47. The molecule has 0 saturated heterocycles. The summed E-state index contributed by atoms with van der Waals surface area (Å²) in [5.41, 5.74) is -0.0922. The average molecular weight is 293 g/mol. The molecule has 0 atom stereocenters. The maximum absolute atomic E-state index is 13.6. The molecular weight excluding hydrogens is 280 g/mol. The summed E-state index contributed by atoms with van der Waals surface area (Å²) in [6.07, 6.45) is 0. The third kappa shape index (κ3) is 3.10. The summed E-state index contributed by atoms with van der Waals surface area (Å²) in [4.78, 5) is 12.0. The summed E-state index contributed by atoms with van der Waals surface area (Å²) < 4.78 is 36.9. The molecule has 0 aliphatic rings. The first-order valence-corrected chi connectivity index (χ1v) is 6.04. The Kier molecular flexibility index (Phi) is 4.37. The molecule has 0 bridgehead atoms. The van der Waals surface area contributed by atoms with Crippen molar-refractivity contribution in [2.24, 2.45) is 0 Å². The first kappa shape index (κ1) is 14.8. The van der Waals surface area contributed by atoms with Crippen LogP contribution >= 0.6 is 0 Å². The standard InChI is InChI=1S/C15H13F2NO3/c1-20-9-6-7-13(21-2)12(8-9)18-15(19)10-4-3-5-11(16)14(10)17/h3-8H,1-2H3,(H,18,19). The number of rotatable bonds is 4. The second-order valence-electron chi connectivity index (χ2n) is 4.12. The zero-order chi connectivity index (χ0) is 15.4. The number of nitrogens with one attached hydrogen (secondary N) is 1. The molecule has 0 spiro atoms. The van der Waals surface area contributed by atoms with Crippen LogP contribution in [0.5, 0.6) is 11.5 Å². The lowest BCUT2D eigenvalue weighted by molar-refractivity contribution is 0.102. The van der Waals surface area contributed by atoms with E-state index < -0.39 is 17.5 Å². The highest BCUT2D eigenvalue weighted by molar-refractivity contribution is 6.05. The molecule has 0 unspecified atom stereocenters. The van der Waals surface area contributed by atoms with Gasteiger partial charge in [-0.3, -0.25) is 4.79 Å². The third-order valence-corrected chi connectivity index (χ3v) is 2.85. The van der Waals surface area contributed by atoms with Crippen LogP contribution in [0.25, 0.3) is 0 Å². The molecule has 0 fully saturated rings. The normalized spacial score (nSPS) is 10.1. The van der Waals surface area contributed by atoms with Gasteiger partial charge in [-0.15, -0.1) is 0 Å². The maximum atomic E-state index is 13.6. The molecule has 1 amide bonds. The highest BCUT2D eigenvalue weighted by atomic mass is 19.2. The minimum atomic E-state index is -1.20. The van der Waals surface area contributed by atoms with Crippen molar-refractivity contribution >= 4 is 11.6 Å². The molecule has 0 radical (unpaired) electrons. The van der Waals surface area contributed by atoms with Gasteiger partial charge >= 0.3 is 0 Å². The van der Waals surface area contributed by atoms with E-state index in [-0.39, 0.29) is 5.56 Å². The van der Waals surface area contributed by atoms with Crippen LogP contribution in [0, 0.1) is 11.6 Å². The van der Waals surface area contributed by atoms with Crippen molar-refractivity contribution < 1.29 is 23.0 Å². The van der Waals surface area contributed by atoms with Gasteiger partial charge in [-0.25, -0.2) is 8.78 Å². The van der Waals surface area contributed by atoms with Crippen molar-refractivity contribution in [1.82, 2.24) is 0 Å². The summed E-state index contributed by atoms with van der Waals surface area (Å²) in [6.45, 7) is 0. The Balaban J connectivity index is 2.33. The van der Waals surface area contributed by atoms with Crippen LogP contribution in [-0.2, 0) is 0 Å². The first-order valence-electron chi connectivity index (χ1n) is 6.04. The van der Waals surface area contributed by atoms with E-state index in [9.17, 15) is 13.6 Å². The second kappa shape index (κ2) is 6.21. The van der Waals surface area contributed by atoms with Crippen molar-refractivity contribution in [3.63, 3.8) is 0 Å². The maximum Gasteiger partial charge on any atom is 0.258 e. The van der Waals surface area contributed by atoms with E-state index in [2.05, 4.69) is 5.32 Å². The van der Waals surface area contributed by atoms with Crippen LogP contribution in [0.4, 0.5) is 14.5 Å². The number of hydrogen-bond donors (Lipinski definition) is 1. The molecule has 0 heterocycles. The number of hydrogen-bond acceptors (Lipinski definition) is 3. The fourth-order valence-electron chi connectivity index (χ4n) is 1.78. The van der Waals surface area contributed by atoms with Gasteiger partial charge in [-0.1, -0.05) is 6.07 Å². The Bertz CT molecular complexity index is 674. The van der Waals surface area contributed by atoms with Gasteiger partial charge < -0.3 is 14.8 Å². The molecule has 110 valence electrons. The van der Waals surface area contributed by atoms with Crippen molar-refractivity contribution in [3.05, 3.63) is 53.6 Å². The number of ether oxygens (including phenoxy) is 2. The quantitative estimate of drug-likeness (QED) is 0.941. The Hall–Kier alpha value is -2.63. The molecule has 0 aromatic heterocycles. The number of anilines is 1. The van der Waals surface area contributed by atoms with E-state index in [1.807, 2.05) is 0 Å². The predicted octanol–water partition coefficient (Wildman–Crippen LogP) is 3.23. The lowest BCUT2D eigenvalue weighted by Crippen LogP contribution is -2.15. The number of benzene rings is 2. The molecule has 0 aliphatic heterocycles. The van der Waals surface area contributed by atoms with Crippen LogP contribution in [0.2, 0.25) is 0 Å². The highest BCUT2D eigenvalue weighted by Gasteiger charge is 2.17. The topological polar surface area (TPSA) is 47.6 Å². The zero-order valence-corrected chi connectivity index (χ0v) is 11.4. The Morgan fingerprint density at radius 3 is 2.52 bits per heavy atom. The molecule has 2 aromatic carbocycles. The average Bonchev–Trinajstić information content (AvgIpc) is 2.49. The van der Waals surface area contributed by atoms with E-state index >= 15 is 0 Å². The van der Waals surface area contributed by atoms with Crippen LogP contribution in [0.1, 0.15) is 10.4 Å². The molecule has 6 heteroatoms. The van der Waals surface area contributed by atoms with Crippen molar-refractivity contribution in [3.8, 4) is 11.5 Å². The molecule has 21 heavy (non-hydrogen) atoms. The Labute approximate surface area is 120 Å². The second-order valence-corrected chi connectivity index (χ2v) is 4.12. The van der Waals surface area contributed by atoms with Crippen molar-refractivity contribution in [1.29, 1.82) is 0 Å².